The second-order valence-corrected chi connectivity index (χ2v) is 6.47. The number of carbonyl (C=O) groups excluding carboxylic acids is 1. The molecule has 0 saturated carbocycles. The second kappa shape index (κ2) is 6.32. The van der Waals surface area contributed by atoms with Crippen LogP contribution in [0.3, 0.4) is 0 Å². The largest absolute Gasteiger partial charge is 0.352 e. The lowest BCUT2D eigenvalue weighted by atomic mass is 10.1. The Hall–Kier alpha value is -2.14. The summed E-state index contributed by atoms with van der Waals surface area (Å²) in [6, 6.07) is 8.36. The first-order valence-corrected chi connectivity index (χ1v) is 8.31. The van der Waals surface area contributed by atoms with Crippen LogP contribution < -0.4 is 5.32 Å². The van der Waals surface area contributed by atoms with Crippen molar-refractivity contribution in [2.45, 2.75) is 26.3 Å². The van der Waals surface area contributed by atoms with Gasteiger partial charge in [0.25, 0.3) is 5.91 Å². The zero-order chi connectivity index (χ0) is 15.5. The molecule has 5 heteroatoms. The van der Waals surface area contributed by atoms with E-state index in [9.17, 15) is 4.79 Å². The number of aromatic nitrogens is 2. The molecule has 1 aromatic carbocycles. The Balaban J connectivity index is 1.78. The molecule has 22 heavy (non-hydrogen) atoms. The molecule has 0 atom stereocenters. The van der Waals surface area contributed by atoms with Gasteiger partial charge < -0.3 is 9.88 Å². The SMILES string of the molecule is CC(C)n1cc(C(=O)NCCc2nccs2)c2ccccc21. The number of hydrogen-bond donors (Lipinski definition) is 1. The summed E-state index contributed by atoms with van der Waals surface area (Å²) in [4.78, 5) is 16.7. The van der Waals surface area contributed by atoms with E-state index >= 15 is 0 Å². The molecule has 1 amide bonds. The maximum Gasteiger partial charge on any atom is 0.253 e. The number of hydrogen-bond acceptors (Lipinski definition) is 3. The molecule has 3 rings (SSSR count). The molecule has 3 aromatic rings. The summed E-state index contributed by atoms with van der Waals surface area (Å²) in [6.45, 7) is 4.85. The number of amides is 1. The van der Waals surface area contributed by atoms with Crippen LogP contribution in [-0.2, 0) is 6.42 Å². The van der Waals surface area contributed by atoms with Crippen molar-refractivity contribution in [2.75, 3.05) is 6.54 Å². The molecule has 0 radical (unpaired) electrons. The lowest BCUT2D eigenvalue weighted by Gasteiger charge is -2.08. The van der Waals surface area contributed by atoms with Crippen molar-refractivity contribution in [2.24, 2.45) is 0 Å². The third-order valence-electron chi connectivity index (χ3n) is 3.65. The fraction of sp³-hybridized carbons (Fsp3) is 0.294. The van der Waals surface area contributed by atoms with E-state index in [-0.39, 0.29) is 5.91 Å². The van der Waals surface area contributed by atoms with Crippen LogP contribution in [0, 0.1) is 0 Å². The van der Waals surface area contributed by atoms with Crippen molar-refractivity contribution in [3.05, 3.63) is 52.6 Å². The van der Waals surface area contributed by atoms with Crippen molar-refractivity contribution in [3.63, 3.8) is 0 Å². The smallest absolute Gasteiger partial charge is 0.253 e. The van der Waals surface area contributed by atoms with E-state index in [2.05, 4.69) is 34.8 Å². The molecule has 2 aromatic heterocycles. The van der Waals surface area contributed by atoms with E-state index in [1.54, 1.807) is 17.5 Å². The normalized spacial score (nSPS) is 11.2. The average molecular weight is 313 g/mol. The predicted molar refractivity (Wildman–Crippen MR) is 90.5 cm³/mol. The van der Waals surface area contributed by atoms with Gasteiger partial charge in [-0.25, -0.2) is 4.98 Å². The molecule has 0 bridgehead atoms. The van der Waals surface area contributed by atoms with Crippen molar-refractivity contribution < 1.29 is 4.79 Å². The number of benzene rings is 1. The highest BCUT2D eigenvalue weighted by Crippen LogP contribution is 2.24. The van der Waals surface area contributed by atoms with Crippen LogP contribution in [0.1, 0.15) is 35.3 Å². The number of thiazole rings is 1. The van der Waals surface area contributed by atoms with E-state index < -0.39 is 0 Å². The van der Waals surface area contributed by atoms with Crippen LogP contribution in [0.15, 0.2) is 42.0 Å². The van der Waals surface area contributed by atoms with Crippen molar-refractivity contribution >= 4 is 28.1 Å². The molecular formula is C17H19N3OS. The zero-order valence-corrected chi connectivity index (χ0v) is 13.6. The lowest BCUT2D eigenvalue weighted by molar-refractivity contribution is 0.0955. The minimum absolute atomic E-state index is 0.0212. The van der Waals surface area contributed by atoms with Crippen molar-refractivity contribution in [3.8, 4) is 0 Å². The third kappa shape index (κ3) is 2.90. The van der Waals surface area contributed by atoms with Crippen molar-refractivity contribution in [1.29, 1.82) is 0 Å². The maximum absolute atomic E-state index is 12.5. The fourth-order valence-electron chi connectivity index (χ4n) is 2.57. The van der Waals surface area contributed by atoms with Gasteiger partial charge >= 0.3 is 0 Å². The molecule has 0 spiro atoms. The summed E-state index contributed by atoms with van der Waals surface area (Å²) >= 11 is 1.61. The molecule has 2 heterocycles. The Morgan fingerprint density at radius 3 is 2.91 bits per heavy atom. The average Bonchev–Trinajstić information content (AvgIpc) is 3.14. The van der Waals surface area contributed by atoms with Gasteiger partial charge in [0.1, 0.15) is 0 Å². The quantitative estimate of drug-likeness (QED) is 0.781. The first kappa shape index (κ1) is 14.8. The molecule has 4 nitrogen and oxygen atoms in total. The molecule has 1 N–H and O–H groups in total. The van der Waals surface area contributed by atoms with Gasteiger partial charge in [-0.15, -0.1) is 11.3 Å². The summed E-state index contributed by atoms with van der Waals surface area (Å²) in [7, 11) is 0. The van der Waals surface area contributed by atoms with E-state index in [0.29, 0.717) is 12.6 Å². The van der Waals surface area contributed by atoms with Crippen LogP contribution >= 0.6 is 11.3 Å². The van der Waals surface area contributed by atoms with Gasteiger partial charge in [0.15, 0.2) is 0 Å². The minimum atomic E-state index is -0.0212. The van der Waals surface area contributed by atoms with Gasteiger partial charge in [-0.3, -0.25) is 4.79 Å². The van der Waals surface area contributed by atoms with E-state index in [4.69, 9.17) is 0 Å². The van der Waals surface area contributed by atoms with E-state index in [1.165, 1.54) is 0 Å². The monoisotopic (exact) mass is 313 g/mol. The van der Waals surface area contributed by atoms with Gasteiger partial charge in [0.05, 0.1) is 10.6 Å². The molecule has 0 saturated heterocycles. The first-order valence-electron chi connectivity index (χ1n) is 7.43. The predicted octanol–water partition coefficient (Wildman–Crippen LogP) is 3.65. The summed E-state index contributed by atoms with van der Waals surface area (Å²) in [6.07, 6.45) is 4.51. The number of fused-ring (bicyclic) bond motifs is 1. The highest BCUT2D eigenvalue weighted by Gasteiger charge is 2.15. The summed E-state index contributed by atoms with van der Waals surface area (Å²) in [5, 5.41) is 7.00. The standard InChI is InChI=1S/C17H19N3OS/c1-12(2)20-11-14(13-5-3-4-6-15(13)20)17(21)19-8-7-16-18-9-10-22-16/h3-6,9-12H,7-8H2,1-2H3,(H,19,21). The van der Waals surface area contributed by atoms with Gasteiger partial charge in [-0.2, -0.15) is 0 Å². The Kier molecular flexibility index (Phi) is 4.24. The number of carbonyl (C=O) groups is 1. The van der Waals surface area contributed by atoms with Crippen LogP contribution in [0.5, 0.6) is 0 Å². The van der Waals surface area contributed by atoms with Crippen LogP contribution in [0.25, 0.3) is 10.9 Å². The van der Waals surface area contributed by atoms with E-state index in [1.807, 2.05) is 29.8 Å². The number of rotatable bonds is 5. The van der Waals surface area contributed by atoms with Crippen molar-refractivity contribution in [1.82, 2.24) is 14.9 Å². The number of nitrogens with zero attached hydrogens (tertiary/aromatic N) is 2. The number of para-hydroxylation sites is 1. The summed E-state index contributed by atoms with van der Waals surface area (Å²) in [5.41, 5.74) is 1.84. The van der Waals surface area contributed by atoms with Crippen LogP contribution in [-0.4, -0.2) is 22.0 Å². The molecule has 0 aliphatic carbocycles. The maximum atomic E-state index is 12.5. The fourth-order valence-corrected chi connectivity index (χ4v) is 3.19. The minimum Gasteiger partial charge on any atom is -0.352 e. The summed E-state index contributed by atoms with van der Waals surface area (Å²) in [5.74, 6) is -0.0212. The molecule has 0 fully saturated rings. The van der Waals surface area contributed by atoms with Gasteiger partial charge in [0.2, 0.25) is 0 Å². The topological polar surface area (TPSA) is 46.9 Å². The highest BCUT2D eigenvalue weighted by molar-refractivity contribution is 7.09. The van der Waals surface area contributed by atoms with Crippen LogP contribution in [0.4, 0.5) is 0 Å². The molecule has 114 valence electrons. The Morgan fingerprint density at radius 1 is 1.36 bits per heavy atom. The van der Waals surface area contributed by atoms with Gasteiger partial charge in [-0.05, 0) is 19.9 Å². The van der Waals surface area contributed by atoms with E-state index in [0.717, 1.165) is 27.9 Å². The lowest BCUT2D eigenvalue weighted by Crippen LogP contribution is -2.25. The molecule has 0 aliphatic rings. The number of nitrogens with one attached hydrogen (secondary N) is 1. The van der Waals surface area contributed by atoms with Gasteiger partial charge in [0, 0.05) is 47.7 Å². The molecule has 0 unspecified atom stereocenters. The molecular weight excluding hydrogens is 294 g/mol. The Bertz CT molecular complexity index is 774. The van der Waals surface area contributed by atoms with Crippen LogP contribution in [0.2, 0.25) is 0 Å². The Labute approximate surface area is 133 Å². The highest BCUT2D eigenvalue weighted by atomic mass is 32.1. The molecule has 0 aliphatic heterocycles. The zero-order valence-electron chi connectivity index (χ0n) is 12.7. The first-order chi connectivity index (χ1) is 10.7. The second-order valence-electron chi connectivity index (χ2n) is 5.49. The Morgan fingerprint density at radius 2 is 2.18 bits per heavy atom. The van der Waals surface area contributed by atoms with Gasteiger partial charge in [-0.1, -0.05) is 18.2 Å². The summed E-state index contributed by atoms with van der Waals surface area (Å²) < 4.78 is 2.14. The third-order valence-corrected chi connectivity index (χ3v) is 4.49.